The minimum Gasteiger partial charge on any atom is -0.342 e. The van der Waals surface area contributed by atoms with E-state index in [4.69, 9.17) is 0 Å². The van der Waals surface area contributed by atoms with E-state index in [1.54, 1.807) is 19.1 Å². The summed E-state index contributed by atoms with van der Waals surface area (Å²) in [5.74, 6) is -0.969. The van der Waals surface area contributed by atoms with Crippen molar-refractivity contribution in [3.05, 3.63) is 41.4 Å². The van der Waals surface area contributed by atoms with E-state index in [2.05, 4.69) is 9.97 Å². The first-order valence-corrected chi connectivity index (χ1v) is 4.56. The molecular weight excluding hydrogens is 198 g/mol. The highest BCUT2D eigenvalue weighted by atomic mass is 19.2. The topological polar surface area (TPSA) is 28.7 Å². The average molecular weight is 208 g/mol. The summed E-state index contributed by atoms with van der Waals surface area (Å²) in [4.78, 5) is 6.80. The number of aromatic amines is 1. The van der Waals surface area contributed by atoms with Gasteiger partial charge in [0.25, 0.3) is 0 Å². The molecule has 0 radical (unpaired) electrons. The number of halogens is 2. The summed E-state index contributed by atoms with van der Waals surface area (Å²) in [5, 5.41) is 0. The van der Waals surface area contributed by atoms with Gasteiger partial charge in [-0.25, -0.2) is 13.8 Å². The van der Waals surface area contributed by atoms with Crippen LogP contribution >= 0.6 is 0 Å². The number of rotatable bonds is 1. The molecule has 0 fully saturated rings. The summed E-state index contributed by atoms with van der Waals surface area (Å²) in [6.45, 7) is 3.28. The summed E-state index contributed by atoms with van der Waals surface area (Å²) in [5.41, 5.74) is 0.995. The molecule has 0 aliphatic heterocycles. The Morgan fingerprint density at radius 2 is 1.87 bits per heavy atom. The van der Waals surface area contributed by atoms with Gasteiger partial charge in [-0.15, -0.1) is 0 Å². The standard InChI is InChI=1S/C11H10F2N2/c1-6-3-4-8(11(13)10(6)12)9-5-14-7(2)15-9/h3-5H,1-2H3,(H,14,15). The molecule has 0 saturated heterocycles. The van der Waals surface area contributed by atoms with E-state index >= 15 is 0 Å². The quantitative estimate of drug-likeness (QED) is 0.766. The van der Waals surface area contributed by atoms with Crippen molar-refractivity contribution in [3.8, 4) is 11.3 Å². The Kier molecular flexibility index (Phi) is 2.26. The zero-order chi connectivity index (χ0) is 11.0. The van der Waals surface area contributed by atoms with Gasteiger partial charge in [0, 0.05) is 5.56 Å². The van der Waals surface area contributed by atoms with Crippen LogP contribution in [0, 0.1) is 25.5 Å². The third kappa shape index (κ3) is 1.63. The van der Waals surface area contributed by atoms with Crippen molar-refractivity contribution in [2.24, 2.45) is 0 Å². The smallest absolute Gasteiger partial charge is 0.168 e. The lowest BCUT2D eigenvalue weighted by atomic mass is 10.1. The summed E-state index contributed by atoms with van der Waals surface area (Å²) in [7, 11) is 0. The molecule has 0 spiro atoms. The summed E-state index contributed by atoms with van der Waals surface area (Å²) < 4.78 is 26.8. The molecule has 0 aliphatic rings. The second-order valence-corrected chi connectivity index (χ2v) is 3.44. The van der Waals surface area contributed by atoms with Crippen LogP contribution in [0.3, 0.4) is 0 Å². The molecule has 78 valence electrons. The number of hydrogen-bond donors (Lipinski definition) is 1. The van der Waals surface area contributed by atoms with Crippen LogP contribution in [0.1, 0.15) is 11.4 Å². The monoisotopic (exact) mass is 208 g/mol. The fourth-order valence-electron chi connectivity index (χ4n) is 1.41. The normalized spacial score (nSPS) is 10.7. The van der Waals surface area contributed by atoms with Gasteiger partial charge in [-0.2, -0.15) is 0 Å². The zero-order valence-corrected chi connectivity index (χ0v) is 8.44. The molecule has 0 unspecified atom stereocenters. The number of H-pyrrole nitrogens is 1. The minimum absolute atomic E-state index is 0.207. The van der Waals surface area contributed by atoms with E-state index < -0.39 is 11.6 Å². The third-order valence-corrected chi connectivity index (χ3v) is 2.27. The second kappa shape index (κ2) is 3.46. The van der Waals surface area contributed by atoms with E-state index in [1.807, 2.05) is 0 Å². The van der Waals surface area contributed by atoms with Crippen LogP contribution in [-0.2, 0) is 0 Å². The number of nitrogens with zero attached hydrogens (tertiary/aromatic N) is 1. The van der Waals surface area contributed by atoms with Gasteiger partial charge in [0.2, 0.25) is 0 Å². The molecule has 2 aromatic rings. The van der Waals surface area contributed by atoms with Crippen LogP contribution in [0.25, 0.3) is 11.3 Å². The highest BCUT2D eigenvalue weighted by Crippen LogP contribution is 2.24. The lowest BCUT2D eigenvalue weighted by Crippen LogP contribution is -1.93. The molecular formula is C11H10F2N2. The number of aromatic nitrogens is 2. The van der Waals surface area contributed by atoms with Crippen molar-refractivity contribution in [2.45, 2.75) is 13.8 Å². The van der Waals surface area contributed by atoms with Gasteiger partial charge in [-0.3, -0.25) is 0 Å². The molecule has 0 amide bonds. The SMILES string of the molecule is Cc1ncc(-c2ccc(C)c(F)c2F)[nH]1. The van der Waals surface area contributed by atoms with Gasteiger partial charge in [0.1, 0.15) is 5.82 Å². The number of nitrogens with one attached hydrogen (secondary N) is 1. The van der Waals surface area contributed by atoms with Crippen LogP contribution in [-0.4, -0.2) is 9.97 Å². The third-order valence-electron chi connectivity index (χ3n) is 2.27. The van der Waals surface area contributed by atoms with Gasteiger partial charge in [-0.05, 0) is 25.5 Å². The van der Waals surface area contributed by atoms with Crippen molar-refractivity contribution in [1.29, 1.82) is 0 Å². The first kappa shape index (κ1) is 9.83. The molecule has 1 N–H and O–H groups in total. The average Bonchev–Trinajstić information content (AvgIpc) is 2.61. The first-order chi connectivity index (χ1) is 7.09. The van der Waals surface area contributed by atoms with Gasteiger partial charge in [0.05, 0.1) is 11.9 Å². The molecule has 2 nitrogen and oxygen atoms in total. The molecule has 0 atom stereocenters. The maximum absolute atomic E-state index is 13.5. The molecule has 1 heterocycles. The Bertz CT molecular complexity index is 503. The Balaban J connectivity index is 2.59. The highest BCUT2D eigenvalue weighted by molar-refractivity contribution is 5.60. The predicted molar refractivity (Wildman–Crippen MR) is 53.4 cm³/mol. The van der Waals surface area contributed by atoms with Crippen molar-refractivity contribution >= 4 is 0 Å². The number of aryl methyl sites for hydroxylation is 2. The Labute approximate surface area is 86.0 Å². The van der Waals surface area contributed by atoms with Crippen LogP contribution < -0.4 is 0 Å². The highest BCUT2D eigenvalue weighted by Gasteiger charge is 2.13. The van der Waals surface area contributed by atoms with Crippen LogP contribution in [0.15, 0.2) is 18.3 Å². The van der Waals surface area contributed by atoms with E-state index in [-0.39, 0.29) is 5.56 Å². The fourth-order valence-corrected chi connectivity index (χ4v) is 1.41. The largest absolute Gasteiger partial charge is 0.342 e. The number of imidazole rings is 1. The van der Waals surface area contributed by atoms with Gasteiger partial charge >= 0.3 is 0 Å². The molecule has 0 aliphatic carbocycles. The molecule has 4 heteroatoms. The van der Waals surface area contributed by atoms with E-state index in [0.29, 0.717) is 17.1 Å². The first-order valence-electron chi connectivity index (χ1n) is 4.56. The number of benzene rings is 1. The Hall–Kier alpha value is -1.71. The van der Waals surface area contributed by atoms with Crippen LogP contribution in [0.4, 0.5) is 8.78 Å². The summed E-state index contributed by atoms with van der Waals surface area (Å²) >= 11 is 0. The zero-order valence-electron chi connectivity index (χ0n) is 8.44. The predicted octanol–water partition coefficient (Wildman–Crippen LogP) is 2.97. The second-order valence-electron chi connectivity index (χ2n) is 3.44. The lowest BCUT2D eigenvalue weighted by molar-refractivity contribution is 0.505. The van der Waals surface area contributed by atoms with Crippen LogP contribution in [0.5, 0.6) is 0 Å². The Morgan fingerprint density at radius 3 is 2.47 bits per heavy atom. The molecule has 15 heavy (non-hydrogen) atoms. The van der Waals surface area contributed by atoms with Crippen molar-refractivity contribution in [2.75, 3.05) is 0 Å². The van der Waals surface area contributed by atoms with Crippen LogP contribution in [0.2, 0.25) is 0 Å². The summed E-state index contributed by atoms with van der Waals surface area (Å²) in [6.07, 6.45) is 1.49. The lowest BCUT2D eigenvalue weighted by Gasteiger charge is -2.03. The number of hydrogen-bond acceptors (Lipinski definition) is 1. The van der Waals surface area contributed by atoms with E-state index in [1.165, 1.54) is 13.1 Å². The maximum Gasteiger partial charge on any atom is 0.168 e. The summed E-state index contributed by atoms with van der Waals surface area (Å²) in [6, 6.07) is 3.09. The fraction of sp³-hybridized carbons (Fsp3) is 0.182. The maximum atomic E-state index is 13.5. The van der Waals surface area contributed by atoms with Crippen molar-refractivity contribution in [3.63, 3.8) is 0 Å². The van der Waals surface area contributed by atoms with Gasteiger partial charge < -0.3 is 4.98 Å². The van der Waals surface area contributed by atoms with Crippen molar-refractivity contribution < 1.29 is 8.78 Å². The van der Waals surface area contributed by atoms with Crippen molar-refractivity contribution in [1.82, 2.24) is 9.97 Å². The van der Waals surface area contributed by atoms with Gasteiger partial charge in [-0.1, -0.05) is 6.07 Å². The molecule has 1 aromatic carbocycles. The van der Waals surface area contributed by atoms with E-state index in [0.717, 1.165) is 0 Å². The molecule has 0 bridgehead atoms. The Morgan fingerprint density at radius 1 is 1.13 bits per heavy atom. The molecule has 0 saturated carbocycles. The molecule has 1 aromatic heterocycles. The molecule has 2 rings (SSSR count). The minimum atomic E-state index is -0.835. The van der Waals surface area contributed by atoms with Gasteiger partial charge in [0.15, 0.2) is 11.6 Å². The van der Waals surface area contributed by atoms with E-state index in [9.17, 15) is 8.78 Å².